The Bertz CT molecular complexity index is 3520. The van der Waals surface area contributed by atoms with Gasteiger partial charge >= 0.3 is 0 Å². The molecule has 0 spiro atoms. The van der Waals surface area contributed by atoms with Crippen molar-refractivity contribution in [3.63, 3.8) is 0 Å². The molecule has 0 amide bonds. The molecule has 0 heteroatoms. The molecule has 12 aromatic rings. The fraction of sp³-hybridized carbons (Fsp3) is 0. The van der Waals surface area contributed by atoms with Crippen LogP contribution in [0.25, 0.3) is 120 Å². The molecule has 0 atom stereocenters. The minimum absolute atomic E-state index is 1.21. The fourth-order valence-corrected chi connectivity index (χ4v) is 9.74. The molecule has 0 aliphatic carbocycles. The highest BCUT2D eigenvalue weighted by molar-refractivity contribution is 6.27. The normalized spacial score (nSPS) is 11.7. The lowest BCUT2D eigenvalue weighted by molar-refractivity contribution is 1.58. The highest BCUT2D eigenvalue weighted by atomic mass is 14.2. The average Bonchev–Trinajstić information content (AvgIpc) is 3.33. The van der Waals surface area contributed by atoms with Crippen molar-refractivity contribution in [2.24, 2.45) is 0 Å². The van der Waals surface area contributed by atoms with Crippen LogP contribution in [0.15, 0.2) is 231 Å². The predicted octanol–water partition coefficient (Wildman–Crippen LogP) is 16.9. The Morgan fingerprint density at radius 2 is 0.450 bits per heavy atom. The summed E-state index contributed by atoms with van der Waals surface area (Å²) < 4.78 is 0. The van der Waals surface area contributed by atoms with E-state index in [0.717, 1.165) is 0 Å². The van der Waals surface area contributed by atoms with Crippen molar-refractivity contribution in [1.29, 1.82) is 0 Å². The van der Waals surface area contributed by atoms with Gasteiger partial charge in [-0.05, 0) is 138 Å². The van der Waals surface area contributed by atoms with Gasteiger partial charge < -0.3 is 0 Å². The summed E-state index contributed by atoms with van der Waals surface area (Å²) in [5.41, 5.74) is 12.4. The van der Waals surface area contributed by atoms with Crippen LogP contribution in [0.1, 0.15) is 0 Å². The second kappa shape index (κ2) is 13.9. The molecule has 0 bridgehead atoms. The maximum atomic E-state index is 2.43. The Morgan fingerprint density at radius 1 is 0.150 bits per heavy atom. The van der Waals surface area contributed by atoms with Gasteiger partial charge in [-0.1, -0.05) is 212 Å². The Balaban J connectivity index is 0.963. The zero-order chi connectivity index (χ0) is 39.6. The Labute approximate surface area is 349 Å². The summed E-state index contributed by atoms with van der Waals surface area (Å²) in [6.45, 7) is 0. The highest BCUT2D eigenvalue weighted by Gasteiger charge is 2.18. The summed E-state index contributed by atoms with van der Waals surface area (Å²) >= 11 is 0. The van der Waals surface area contributed by atoms with E-state index in [-0.39, 0.29) is 0 Å². The van der Waals surface area contributed by atoms with Gasteiger partial charge in [0, 0.05) is 0 Å². The van der Waals surface area contributed by atoms with Gasteiger partial charge in [0.1, 0.15) is 0 Å². The SMILES string of the molecule is c1ccc(-c2ccc(-c3ccc(-c4ccc5ccc(-c6c7ccccc7c(-c7ccc8c9ccccc9c9ccccc9c8c7)c7ccccc67)cc5c4)cc3)cc2)cc1. The zero-order valence-corrected chi connectivity index (χ0v) is 32.9. The van der Waals surface area contributed by atoms with Crippen LogP contribution in [-0.4, -0.2) is 0 Å². The second-order valence-corrected chi connectivity index (χ2v) is 16.0. The first-order valence-corrected chi connectivity index (χ1v) is 20.8. The van der Waals surface area contributed by atoms with E-state index >= 15 is 0 Å². The largest absolute Gasteiger partial charge is 0.0622 e. The van der Waals surface area contributed by atoms with Crippen molar-refractivity contribution < 1.29 is 0 Å². The highest BCUT2D eigenvalue weighted by Crippen LogP contribution is 2.46. The molecular weight excluding hydrogens is 721 g/mol. The van der Waals surface area contributed by atoms with Crippen LogP contribution in [0.5, 0.6) is 0 Å². The van der Waals surface area contributed by atoms with E-state index in [9.17, 15) is 0 Å². The van der Waals surface area contributed by atoms with Gasteiger partial charge in [0.2, 0.25) is 0 Å². The lowest BCUT2D eigenvalue weighted by Gasteiger charge is -2.19. The average molecular weight is 759 g/mol. The zero-order valence-electron chi connectivity index (χ0n) is 32.9. The quantitative estimate of drug-likeness (QED) is 0.121. The Kier molecular flexibility index (Phi) is 7.96. The first kappa shape index (κ1) is 34.3. The third-order valence-corrected chi connectivity index (χ3v) is 12.6. The van der Waals surface area contributed by atoms with Crippen molar-refractivity contribution in [3.8, 4) is 55.6 Å². The number of hydrogen-bond donors (Lipinski definition) is 0. The molecule has 0 saturated heterocycles. The van der Waals surface area contributed by atoms with Crippen molar-refractivity contribution in [1.82, 2.24) is 0 Å². The third kappa shape index (κ3) is 5.61. The molecule has 12 rings (SSSR count). The van der Waals surface area contributed by atoms with E-state index in [2.05, 4.69) is 231 Å². The molecule has 0 aliphatic rings. The van der Waals surface area contributed by atoms with Crippen LogP contribution < -0.4 is 0 Å². The minimum atomic E-state index is 1.21. The molecule has 0 nitrogen and oxygen atoms in total. The molecule has 0 heterocycles. The summed E-state index contributed by atoms with van der Waals surface area (Å²) in [5, 5.41) is 15.3. The number of hydrogen-bond acceptors (Lipinski definition) is 0. The summed E-state index contributed by atoms with van der Waals surface area (Å²) in [4.78, 5) is 0. The van der Waals surface area contributed by atoms with E-state index in [0.29, 0.717) is 0 Å². The van der Waals surface area contributed by atoms with Gasteiger partial charge in [-0.25, -0.2) is 0 Å². The predicted molar refractivity (Wildman–Crippen MR) is 259 cm³/mol. The first-order chi connectivity index (χ1) is 29.7. The first-order valence-electron chi connectivity index (χ1n) is 20.8. The van der Waals surface area contributed by atoms with Crippen molar-refractivity contribution in [2.75, 3.05) is 0 Å². The Hall–Kier alpha value is -7.80. The van der Waals surface area contributed by atoms with Crippen LogP contribution in [0, 0.1) is 0 Å². The molecule has 278 valence electrons. The molecule has 0 radical (unpaired) electrons. The van der Waals surface area contributed by atoms with Crippen molar-refractivity contribution in [3.05, 3.63) is 231 Å². The molecule has 0 fully saturated rings. The molecule has 60 heavy (non-hydrogen) atoms. The molecule has 12 aromatic carbocycles. The van der Waals surface area contributed by atoms with Crippen LogP contribution >= 0.6 is 0 Å². The van der Waals surface area contributed by atoms with Crippen LogP contribution in [0.4, 0.5) is 0 Å². The molecule has 0 aliphatic heterocycles. The van der Waals surface area contributed by atoms with E-state index in [1.54, 1.807) is 0 Å². The summed E-state index contributed by atoms with van der Waals surface area (Å²) in [6.07, 6.45) is 0. The van der Waals surface area contributed by atoms with Gasteiger partial charge in [0.25, 0.3) is 0 Å². The maximum Gasteiger partial charge on any atom is -0.00261 e. The lowest BCUT2D eigenvalue weighted by atomic mass is 9.84. The summed E-state index contributed by atoms with van der Waals surface area (Å²) in [7, 11) is 0. The number of rotatable bonds is 5. The van der Waals surface area contributed by atoms with E-state index in [4.69, 9.17) is 0 Å². The van der Waals surface area contributed by atoms with E-state index in [1.165, 1.54) is 120 Å². The van der Waals surface area contributed by atoms with Crippen molar-refractivity contribution in [2.45, 2.75) is 0 Å². The lowest BCUT2D eigenvalue weighted by Crippen LogP contribution is -1.91. The van der Waals surface area contributed by atoms with Crippen molar-refractivity contribution >= 4 is 64.6 Å². The maximum absolute atomic E-state index is 2.43. The monoisotopic (exact) mass is 758 g/mol. The van der Waals surface area contributed by atoms with Gasteiger partial charge in [-0.3, -0.25) is 0 Å². The molecule has 0 unspecified atom stereocenters. The molecule has 0 saturated carbocycles. The van der Waals surface area contributed by atoms with Gasteiger partial charge in [0.05, 0.1) is 0 Å². The molecule has 0 aromatic heterocycles. The van der Waals surface area contributed by atoms with Gasteiger partial charge in [-0.2, -0.15) is 0 Å². The third-order valence-electron chi connectivity index (χ3n) is 12.6. The van der Waals surface area contributed by atoms with E-state index in [1.807, 2.05) is 0 Å². The topological polar surface area (TPSA) is 0 Å². The summed E-state index contributed by atoms with van der Waals surface area (Å²) in [5.74, 6) is 0. The Morgan fingerprint density at radius 3 is 0.933 bits per heavy atom. The number of benzene rings is 12. The fourth-order valence-electron chi connectivity index (χ4n) is 9.74. The van der Waals surface area contributed by atoms with Gasteiger partial charge in [0.15, 0.2) is 0 Å². The van der Waals surface area contributed by atoms with Crippen LogP contribution in [0.3, 0.4) is 0 Å². The number of fused-ring (bicyclic) bond motifs is 9. The van der Waals surface area contributed by atoms with Gasteiger partial charge in [-0.15, -0.1) is 0 Å². The standard InChI is InChI=1S/C60H38/c1-2-12-39(13-3-1)40-22-24-41(25-23-40)42-26-28-43(29-27-42)45-32-30-44-31-33-46(37-48(44)36-45)59-54-18-8-10-20-56(54)60(57-21-11-9-19-55(57)59)47-34-35-53-51-16-5-4-14-49(51)50-15-6-7-17-52(50)58(53)38-47/h1-38H. The smallest absolute Gasteiger partial charge is 0.00261 e. The van der Waals surface area contributed by atoms with Crippen LogP contribution in [0.2, 0.25) is 0 Å². The minimum Gasteiger partial charge on any atom is -0.0622 e. The van der Waals surface area contributed by atoms with E-state index < -0.39 is 0 Å². The summed E-state index contributed by atoms with van der Waals surface area (Å²) in [6, 6.07) is 85.0. The molecule has 0 N–H and O–H groups in total. The second-order valence-electron chi connectivity index (χ2n) is 16.0. The van der Waals surface area contributed by atoms with Crippen LogP contribution in [-0.2, 0) is 0 Å². The molecular formula is C60H38.